The number of hydrogen-bond acceptors (Lipinski definition) is 3. The van der Waals surface area contributed by atoms with Gasteiger partial charge in [-0.25, -0.2) is 13.2 Å². The Hall–Kier alpha value is -2.58. The van der Waals surface area contributed by atoms with Gasteiger partial charge in [0, 0.05) is 19.2 Å². The monoisotopic (exact) mass is 378 g/mol. The Balaban J connectivity index is 1.75. The molecule has 0 bridgehead atoms. The summed E-state index contributed by atoms with van der Waals surface area (Å²) in [4.78, 5) is 6.46. The number of morpholine rings is 1. The molecule has 0 aromatic heterocycles. The van der Waals surface area contributed by atoms with Crippen LogP contribution in [0.25, 0.3) is 0 Å². The molecular weight excluding hydrogens is 357 g/mol. The molecule has 1 atom stereocenters. The summed E-state index contributed by atoms with van der Waals surface area (Å²) in [5.74, 6) is -1.55. The number of anilines is 1. The van der Waals surface area contributed by atoms with Gasteiger partial charge in [0.25, 0.3) is 0 Å². The minimum absolute atomic E-state index is 0.0279. The topological polar surface area (TPSA) is 62.9 Å². The van der Waals surface area contributed by atoms with Crippen LogP contribution in [0, 0.1) is 17.5 Å². The van der Waals surface area contributed by atoms with Crippen LogP contribution in [0.1, 0.15) is 11.6 Å². The second kappa shape index (κ2) is 8.88. The first kappa shape index (κ1) is 19.2. The summed E-state index contributed by atoms with van der Waals surface area (Å²) in [5.41, 5.74) is 6.66. The lowest BCUT2D eigenvalue weighted by Crippen LogP contribution is -2.40. The highest BCUT2D eigenvalue weighted by molar-refractivity contribution is 5.92. The van der Waals surface area contributed by atoms with Crippen LogP contribution in [-0.4, -0.2) is 43.7 Å². The number of nitrogens with one attached hydrogen (secondary N) is 1. The summed E-state index contributed by atoms with van der Waals surface area (Å²) < 4.78 is 45.6. The van der Waals surface area contributed by atoms with E-state index in [1.165, 1.54) is 12.1 Å². The lowest BCUT2D eigenvalue weighted by atomic mass is 10.0. The Bertz CT molecular complexity index is 792. The fourth-order valence-corrected chi connectivity index (χ4v) is 2.96. The predicted octanol–water partition coefficient (Wildman–Crippen LogP) is 2.90. The second-order valence-corrected chi connectivity index (χ2v) is 6.19. The van der Waals surface area contributed by atoms with Crippen molar-refractivity contribution in [1.29, 1.82) is 0 Å². The van der Waals surface area contributed by atoms with E-state index in [0.29, 0.717) is 26.3 Å². The molecule has 0 aliphatic carbocycles. The fourth-order valence-electron chi connectivity index (χ4n) is 2.96. The minimum Gasteiger partial charge on any atom is -0.379 e. The van der Waals surface area contributed by atoms with Crippen molar-refractivity contribution in [3.8, 4) is 0 Å². The van der Waals surface area contributed by atoms with Crippen molar-refractivity contribution in [2.24, 2.45) is 10.7 Å². The molecule has 27 heavy (non-hydrogen) atoms. The molecule has 0 saturated carbocycles. The number of halogens is 3. The van der Waals surface area contributed by atoms with E-state index in [-0.39, 0.29) is 30.1 Å². The maximum absolute atomic E-state index is 13.7. The molecule has 0 amide bonds. The number of nitrogens with two attached hydrogens (primary N) is 1. The summed E-state index contributed by atoms with van der Waals surface area (Å²) in [5, 5.41) is 2.58. The maximum atomic E-state index is 13.7. The van der Waals surface area contributed by atoms with Gasteiger partial charge in [0.1, 0.15) is 17.5 Å². The molecule has 144 valence electrons. The van der Waals surface area contributed by atoms with Crippen LogP contribution in [0.2, 0.25) is 0 Å². The third-order valence-corrected chi connectivity index (χ3v) is 4.37. The van der Waals surface area contributed by atoms with Gasteiger partial charge in [-0.15, -0.1) is 0 Å². The molecule has 1 heterocycles. The molecule has 1 saturated heterocycles. The van der Waals surface area contributed by atoms with E-state index in [9.17, 15) is 13.2 Å². The Labute approximate surface area is 155 Å². The number of guanidine groups is 1. The highest BCUT2D eigenvalue weighted by Gasteiger charge is 2.22. The minimum atomic E-state index is -0.627. The number of aliphatic imine (C=N–C) groups is 1. The van der Waals surface area contributed by atoms with Gasteiger partial charge in [0.15, 0.2) is 5.96 Å². The summed E-state index contributed by atoms with van der Waals surface area (Å²) in [6, 6.07) is 9.13. The second-order valence-electron chi connectivity index (χ2n) is 6.19. The molecule has 3 N–H and O–H groups in total. The number of rotatable bonds is 5. The van der Waals surface area contributed by atoms with Crippen molar-refractivity contribution in [2.45, 2.75) is 6.04 Å². The zero-order valence-electron chi connectivity index (χ0n) is 14.7. The summed E-state index contributed by atoms with van der Waals surface area (Å²) in [6.07, 6.45) is 0. The average Bonchev–Trinajstić information content (AvgIpc) is 2.67. The zero-order chi connectivity index (χ0) is 19.2. The average molecular weight is 378 g/mol. The number of ether oxygens (including phenoxy) is 1. The van der Waals surface area contributed by atoms with Crippen molar-refractivity contribution in [3.05, 3.63) is 65.5 Å². The van der Waals surface area contributed by atoms with Gasteiger partial charge >= 0.3 is 0 Å². The Morgan fingerprint density at radius 3 is 2.44 bits per heavy atom. The number of hydrogen-bond donors (Lipinski definition) is 2. The lowest BCUT2D eigenvalue weighted by Gasteiger charge is -2.34. The Morgan fingerprint density at radius 1 is 1.07 bits per heavy atom. The van der Waals surface area contributed by atoms with Gasteiger partial charge in [0.05, 0.1) is 31.5 Å². The summed E-state index contributed by atoms with van der Waals surface area (Å²) in [6.45, 7) is 2.90. The fraction of sp³-hybridized carbons (Fsp3) is 0.316. The standard InChI is InChI=1S/C19H21F3N4O/c20-14-3-1-13(2-4-14)18(26-7-9-27-10-8-26)12-24-19(23)25-17-11-15(21)5-6-16(17)22/h1-6,11,18H,7-10,12H2,(H3,23,24,25). The van der Waals surface area contributed by atoms with Crippen molar-refractivity contribution in [3.63, 3.8) is 0 Å². The van der Waals surface area contributed by atoms with Gasteiger partial charge in [-0.3, -0.25) is 9.89 Å². The van der Waals surface area contributed by atoms with Gasteiger partial charge in [-0.2, -0.15) is 0 Å². The Morgan fingerprint density at radius 2 is 1.74 bits per heavy atom. The van der Waals surface area contributed by atoms with Crippen LogP contribution in [0.3, 0.4) is 0 Å². The number of nitrogens with zero attached hydrogens (tertiary/aromatic N) is 2. The first-order valence-electron chi connectivity index (χ1n) is 8.62. The smallest absolute Gasteiger partial charge is 0.193 e. The molecule has 1 aliphatic rings. The Kier molecular flexibility index (Phi) is 6.31. The first-order chi connectivity index (χ1) is 13.0. The van der Waals surface area contributed by atoms with E-state index in [4.69, 9.17) is 10.5 Å². The largest absolute Gasteiger partial charge is 0.379 e. The highest BCUT2D eigenvalue weighted by Crippen LogP contribution is 2.23. The summed E-state index contributed by atoms with van der Waals surface area (Å²) in [7, 11) is 0. The van der Waals surface area contributed by atoms with Crippen LogP contribution in [0.4, 0.5) is 18.9 Å². The third kappa shape index (κ3) is 5.21. The van der Waals surface area contributed by atoms with Crippen LogP contribution in [0.15, 0.2) is 47.5 Å². The number of benzene rings is 2. The quantitative estimate of drug-likeness (QED) is 0.620. The van der Waals surface area contributed by atoms with Crippen LogP contribution in [-0.2, 0) is 4.74 Å². The van der Waals surface area contributed by atoms with E-state index < -0.39 is 11.6 Å². The van der Waals surface area contributed by atoms with Crippen molar-refractivity contribution in [1.82, 2.24) is 4.90 Å². The van der Waals surface area contributed by atoms with Crippen LogP contribution in [0.5, 0.6) is 0 Å². The van der Waals surface area contributed by atoms with Crippen LogP contribution < -0.4 is 11.1 Å². The van der Waals surface area contributed by atoms with Crippen molar-refractivity contribution >= 4 is 11.6 Å². The van der Waals surface area contributed by atoms with Gasteiger partial charge in [-0.05, 0) is 29.8 Å². The lowest BCUT2D eigenvalue weighted by molar-refractivity contribution is 0.0180. The summed E-state index contributed by atoms with van der Waals surface area (Å²) >= 11 is 0. The van der Waals surface area contributed by atoms with Gasteiger partial charge < -0.3 is 15.8 Å². The van der Waals surface area contributed by atoms with E-state index in [0.717, 1.165) is 23.8 Å². The SMILES string of the molecule is NC(=NCC(c1ccc(F)cc1)N1CCOCC1)Nc1cc(F)ccc1F. The molecule has 2 aromatic carbocycles. The van der Waals surface area contributed by atoms with Gasteiger partial charge in [0.2, 0.25) is 0 Å². The molecule has 1 aliphatic heterocycles. The van der Waals surface area contributed by atoms with Crippen molar-refractivity contribution < 1.29 is 17.9 Å². The molecule has 0 spiro atoms. The molecule has 1 fully saturated rings. The van der Waals surface area contributed by atoms with E-state index in [2.05, 4.69) is 15.2 Å². The molecule has 5 nitrogen and oxygen atoms in total. The molecule has 0 radical (unpaired) electrons. The molecule has 8 heteroatoms. The normalized spacial score (nSPS) is 16.9. The van der Waals surface area contributed by atoms with E-state index in [1.54, 1.807) is 12.1 Å². The van der Waals surface area contributed by atoms with E-state index >= 15 is 0 Å². The first-order valence-corrected chi connectivity index (χ1v) is 8.62. The van der Waals surface area contributed by atoms with Crippen molar-refractivity contribution in [2.75, 3.05) is 38.2 Å². The predicted molar refractivity (Wildman–Crippen MR) is 98.0 cm³/mol. The third-order valence-electron chi connectivity index (χ3n) is 4.37. The molecule has 1 unspecified atom stereocenters. The van der Waals surface area contributed by atoms with Gasteiger partial charge in [-0.1, -0.05) is 12.1 Å². The maximum Gasteiger partial charge on any atom is 0.193 e. The molecule has 3 rings (SSSR count). The molecule has 2 aromatic rings. The molecular formula is C19H21F3N4O. The van der Waals surface area contributed by atoms with Crippen LogP contribution >= 0.6 is 0 Å². The zero-order valence-corrected chi connectivity index (χ0v) is 14.7. The van der Waals surface area contributed by atoms with E-state index in [1.807, 2.05) is 0 Å². The highest BCUT2D eigenvalue weighted by atomic mass is 19.1.